The van der Waals surface area contributed by atoms with E-state index in [-0.39, 0.29) is 10.8 Å². The Kier molecular flexibility index (Phi) is 2.74. The van der Waals surface area contributed by atoms with Gasteiger partial charge in [0, 0.05) is 5.38 Å². The van der Waals surface area contributed by atoms with Gasteiger partial charge in [-0.05, 0) is 0 Å². The standard InChI is InChI=1S/C4H2ClNO5S2/c5-13(9,10)11-3-1-4(6(7)8)12-2-3/h1-2H. The molecular weight excluding hydrogens is 242 g/mol. The molecule has 9 heteroatoms. The summed E-state index contributed by atoms with van der Waals surface area (Å²) >= 11 is 0.751. The van der Waals surface area contributed by atoms with E-state index in [2.05, 4.69) is 4.18 Å². The van der Waals surface area contributed by atoms with E-state index in [1.807, 2.05) is 0 Å². The lowest BCUT2D eigenvalue weighted by atomic mass is 10.6. The first kappa shape index (κ1) is 10.2. The second kappa shape index (κ2) is 3.48. The molecule has 0 atom stereocenters. The molecule has 0 unspecified atom stereocenters. The molecule has 0 spiro atoms. The normalized spacial score (nSPS) is 11.2. The summed E-state index contributed by atoms with van der Waals surface area (Å²) in [5.74, 6) is -0.160. The predicted octanol–water partition coefficient (Wildman–Crippen LogP) is 1.52. The zero-order chi connectivity index (χ0) is 10.1. The third kappa shape index (κ3) is 3.17. The number of halogens is 1. The average Bonchev–Trinajstić information content (AvgIpc) is 2.31. The van der Waals surface area contributed by atoms with E-state index in [9.17, 15) is 18.5 Å². The SMILES string of the molecule is O=[N+]([O-])c1cc(OS(=O)(=O)Cl)cs1. The van der Waals surface area contributed by atoms with Crippen LogP contribution in [0, 0.1) is 10.1 Å². The Morgan fingerprint density at radius 2 is 2.23 bits per heavy atom. The van der Waals surface area contributed by atoms with Crippen molar-refractivity contribution in [3.05, 3.63) is 21.6 Å². The van der Waals surface area contributed by atoms with Crippen molar-refractivity contribution in [1.29, 1.82) is 0 Å². The van der Waals surface area contributed by atoms with E-state index >= 15 is 0 Å². The van der Waals surface area contributed by atoms with Gasteiger partial charge in [-0.15, -0.1) is 0 Å². The summed E-state index contributed by atoms with van der Waals surface area (Å²) in [6.07, 6.45) is 0. The van der Waals surface area contributed by atoms with Gasteiger partial charge in [-0.3, -0.25) is 10.1 Å². The number of nitro groups is 1. The highest BCUT2D eigenvalue weighted by Crippen LogP contribution is 2.29. The van der Waals surface area contributed by atoms with Crippen LogP contribution in [0.1, 0.15) is 0 Å². The van der Waals surface area contributed by atoms with E-state index in [0.29, 0.717) is 0 Å². The van der Waals surface area contributed by atoms with Crippen molar-refractivity contribution in [2.45, 2.75) is 0 Å². The Balaban J connectivity index is 2.87. The Morgan fingerprint density at radius 1 is 1.62 bits per heavy atom. The molecule has 72 valence electrons. The number of thiophene rings is 1. The maximum absolute atomic E-state index is 10.4. The van der Waals surface area contributed by atoms with Crippen LogP contribution in [0.15, 0.2) is 11.4 Å². The summed E-state index contributed by atoms with van der Waals surface area (Å²) in [5.41, 5.74) is 0. The van der Waals surface area contributed by atoms with Crippen molar-refractivity contribution in [1.82, 2.24) is 0 Å². The van der Waals surface area contributed by atoms with Crippen LogP contribution < -0.4 is 4.18 Å². The fraction of sp³-hybridized carbons (Fsp3) is 0. The molecule has 0 saturated heterocycles. The van der Waals surface area contributed by atoms with Gasteiger partial charge in [0.1, 0.15) is 0 Å². The van der Waals surface area contributed by atoms with Crippen molar-refractivity contribution in [3.63, 3.8) is 0 Å². The minimum atomic E-state index is -4.13. The first-order chi connectivity index (χ1) is 5.88. The number of hydrogen-bond acceptors (Lipinski definition) is 6. The molecule has 13 heavy (non-hydrogen) atoms. The molecule has 0 amide bonds. The van der Waals surface area contributed by atoms with Crippen LogP contribution in [0.25, 0.3) is 0 Å². The van der Waals surface area contributed by atoms with E-state index < -0.39 is 14.3 Å². The van der Waals surface area contributed by atoms with Crippen molar-refractivity contribution < 1.29 is 17.5 Å². The van der Waals surface area contributed by atoms with Crippen molar-refractivity contribution >= 4 is 36.4 Å². The molecule has 0 aromatic carbocycles. The highest BCUT2D eigenvalue weighted by molar-refractivity contribution is 8.10. The Labute approximate surface area is 81.5 Å². The van der Waals surface area contributed by atoms with Gasteiger partial charge in [-0.2, -0.15) is 8.42 Å². The predicted molar refractivity (Wildman–Crippen MR) is 46.4 cm³/mol. The Morgan fingerprint density at radius 3 is 2.62 bits per heavy atom. The fourth-order valence-electron chi connectivity index (χ4n) is 0.563. The molecule has 0 radical (unpaired) electrons. The second-order valence-electron chi connectivity index (χ2n) is 1.85. The molecule has 1 aromatic rings. The van der Waals surface area contributed by atoms with Crippen LogP contribution in [0.2, 0.25) is 0 Å². The van der Waals surface area contributed by atoms with Gasteiger partial charge in [-0.1, -0.05) is 11.3 Å². The molecule has 1 heterocycles. The van der Waals surface area contributed by atoms with E-state index in [1.165, 1.54) is 5.38 Å². The largest absolute Gasteiger partial charge is 0.401 e. The van der Waals surface area contributed by atoms with Gasteiger partial charge in [0.15, 0.2) is 5.75 Å². The average molecular weight is 244 g/mol. The molecule has 6 nitrogen and oxygen atoms in total. The Bertz CT molecular complexity index is 423. The lowest BCUT2D eigenvalue weighted by Crippen LogP contribution is -1.98. The second-order valence-corrected chi connectivity index (χ2v) is 4.83. The first-order valence-corrected chi connectivity index (χ1v) is 5.87. The van der Waals surface area contributed by atoms with Gasteiger partial charge in [-0.25, -0.2) is 0 Å². The van der Waals surface area contributed by atoms with Gasteiger partial charge in [0.25, 0.3) is 0 Å². The minimum absolute atomic E-state index is 0.160. The molecule has 0 aliphatic rings. The van der Waals surface area contributed by atoms with Crippen molar-refractivity contribution in [2.75, 3.05) is 0 Å². The summed E-state index contributed by atoms with van der Waals surface area (Å²) in [6, 6.07) is 0.977. The van der Waals surface area contributed by atoms with Gasteiger partial charge < -0.3 is 4.18 Å². The van der Waals surface area contributed by atoms with Crippen molar-refractivity contribution in [2.24, 2.45) is 0 Å². The third-order valence-electron chi connectivity index (χ3n) is 0.937. The van der Waals surface area contributed by atoms with Crippen LogP contribution in [0.3, 0.4) is 0 Å². The van der Waals surface area contributed by atoms with Crippen LogP contribution in [0.5, 0.6) is 5.75 Å². The first-order valence-electron chi connectivity index (χ1n) is 2.75. The molecule has 0 fully saturated rings. The monoisotopic (exact) mass is 243 g/mol. The molecule has 1 rings (SSSR count). The zero-order valence-electron chi connectivity index (χ0n) is 5.84. The summed E-state index contributed by atoms with van der Waals surface area (Å²) in [6.45, 7) is 0. The maximum atomic E-state index is 10.4. The highest BCUT2D eigenvalue weighted by Gasteiger charge is 2.14. The molecule has 0 bridgehead atoms. The quantitative estimate of drug-likeness (QED) is 0.456. The van der Waals surface area contributed by atoms with E-state index in [1.54, 1.807) is 0 Å². The number of rotatable bonds is 3. The van der Waals surface area contributed by atoms with E-state index in [4.69, 9.17) is 10.7 Å². The molecular formula is C4H2ClNO5S2. The topological polar surface area (TPSA) is 86.5 Å². The van der Waals surface area contributed by atoms with Gasteiger partial charge in [0.05, 0.1) is 21.7 Å². The summed E-state index contributed by atoms with van der Waals surface area (Å²) in [7, 11) is 0.608. The van der Waals surface area contributed by atoms with Crippen LogP contribution in [-0.2, 0) is 9.33 Å². The Hall–Kier alpha value is -0.860. The fourth-order valence-corrected chi connectivity index (χ4v) is 1.79. The highest BCUT2D eigenvalue weighted by atomic mass is 35.7. The number of nitrogens with zero attached hydrogens (tertiary/aromatic N) is 1. The maximum Gasteiger partial charge on any atom is 0.401 e. The molecule has 1 aromatic heterocycles. The van der Waals surface area contributed by atoms with Gasteiger partial charge in [0.2, 0.25) is 0 Å². The van der Waals surface area contributed by atoms with Crippen LogP contribution >= 0.6 is 22.0 Å². The minimum Gasteiger partial charge on any atom is -0.370 e. The molecule has 0 N–H and O–H groups in total. The van der Waals surface area contributed by atoms with Crippen molar-refractivity contribution in [3.8, 4) is 5.75 Å². The van der Waals surface area contributed by atoms with Crippen LogP contribution in [-0.4, -0.2) is 13.3 Å². The third-order valence-corrected chi connectivity index (χ3v) is 2.38. The molecule has 0 saturated carbocycles. The summed E-state index contributed by atoms with van der Waals surface area (Å²) in [4.78, 5) is 9.50. The number of hydrogen-bond donors (Lipinski definition) is 0. The van der Waals surface area contributed by atoms with E-state index in [0.717, 1.165) is 17.4 Å². The van der Waals surface area contributed by atoms with Gasteiger partial charge >= 0.3 is 14.3 Å². The summed E-state index contributed by atoms with van der Waals surface area (Å²) < 4.78 is 24.9. The lowest BCUT2D eigenvalue weighted by molar-refractivity contribution is -0.380. The molecule has 0 aliphatic heterocycles. The lowest BCUT2D eigenvalue weighted by Gasteiger charge is -1.93. The zero-order valence-corrected chi connectivity index (χ0v) is 8.23. The summed E-state index contributed by atoms with van der Waals surface area (Å²) in [5, 5.41) is 11.1. The molecule has 0 aliphatic carbocycles. The smallest absolute Gasteiger partial charge is 0.370 e. The van der Waals surface area contributed by atoms with Crippen LogP contribution in [0.4, 0.5) is 5.00 Å².